The number of morpholine rings is 1. The van der Waals surface area contributed by atoms with Gasteiger partial charge in [0, 0.05) is 41.5 Å². The summed E-state index contributed by atoms with van der Waals surface area (Å²) in [4.78, 5) is 31.6. The second kappa shape index (κ2) is 11.9. The molecule has 3 rings (SSSR count). The molecule has 11 heteroatoms. The van der Waals surface area contributed by atoms with Crippen molar-refractivity contribution in [1.82, 2.24) is 15.6 Å². The van der Waals surface area contributed by atoms with Crippen LogP contribution in [0, 0.1) is 5.41 Å². The van der Waals surface area contributed by atoms with E-state index in [9.17, 15) is 9.59 Å². The quantitative estimate of drug-likeness (QED) is 0.232. The second-order valence-corrected chi connectivity index (χ2v) is 11.0. The van der Waals surface area contributed by atoms with E-state index in [2.05, 4.69) is 51.8 Å². The van der Waals surface area contributed by atoms with Gasteiger partial charge in [0.2, 0.25) is 5.91 Å². The first kappa shape index (κ1) is 27.6. The zero-order chi connectivity index (χ0) is 26.5. The van der Waals surface area contributed by atoms with Gasteiger partial charge in [-0.05, 0) is 46.8 Å². The highest BCUT2D eigenvalue weighted by molar-refractivity contribution is 7.14. The van der Waals surface area contributed by atoms with Crippen molar-refractivity contribution in [3.8, 4) is 11.3 Å². The molecule has 1 saturated heterocycles. The number of halogens is 1. The van der Waals surface area contributed by atoms with Crippen LogP contribution in [-0.2, 0) is 14.3 Å². The van der Waals surface area contributed by atoms with Crippen LogP contribution in [0.25, 0.3) is 11.3 Å². The molecule has 194 valence electrons. The fraction of sp³-hybridized carbons (Fsp3) is 0.440. The summed E-state index contributed by atoms with van der Waals surface area (Å²) in [5.41, 5.74) is 2.37. The van der Waals surface area contributed by atoms with Crippen LogP contribution in [0.3, 0.4) is 0 Å². The van der Waals surface area contributed by atoms with Crippen molar-refractivity contribution in [1.29, 1.82) is 5.41 Å². The molecular formula is C25H33ClN6O3S. The molecular weight excluding hydrogens is 500 g/mol. The highest BCUT2D eigenvalue weighted by Gasteiger charge is 2.23. The maximum Gasteiger partial charge on any atom is 0.256 e. The van der Waals surface area contributed by atoms with Gasteiger partial charge in [-0.15, -0.1) is 11.3 Å². The van der Waals surface area contributed by atoms with Crippen LogP contribution in [0.5, 0.6) is 0 Å². The minimum absolute atomic E-state index is 0.0446. The number of ether oxygens (including phenoxy) is 1. The number of anilines is 2. The number of hydrogen-bond acceptors (Lipinski definition) is 8. The molecule has 0 unspecified atom stereocenters. The third kappa shape index (κ3) is 7.78. The van der Waals surface area contributed by atoms with Crippen LogP contribution in [0.15, 0.2) is 40.4 Å². The van der Waals surface area contributed by atoms with Crippen molar-refractivity contribution in [3.63, 3.8) is 0 Å². The van der Waals surface area contributed by atoms with Gasteiger partial charge in [0.1, 0.15) is 5.16 Å². The Hall–Kier alpha value is -2.95. The van der Waals surface area contributed by atoms with E-state index < -0.39 is 11.8 Å². The number of aromatic nitrogens is 1. The number of nitrogens with zero attached hydrogens (tertiary/aromatic N) is 2. The molecule has 4 N–H and O–H groups in total. The number of carbonyl (C=O) groups is 2. The Kier molecular flexibility index (Phi) is 9.10. The molecule has 2 amide bonds. The predicted octanol–water partition coefficient (Wildman–Crippen LogP) is 3.97. The standard InChI is InChI=1S/C25H33ClN6O3S/c1-15-12-32(13-16(2)35-15)18-8-6-7-17(9-18)20-14-36-24(29-20)30-21(33)11-28-23(34)19(10-27)22(26)31-25(3,4)5/h6-10,14-16,27,31H,11-13H2,1-5H3,(H,28,34)(H,29,30,33)/b22-19+,27-10?/t15-,16+. The molecule has 2 heterocycles. The Morgan fingerprint density at radius 1 is 1.28 bits per heavy atom. The van der Waals surface area contributed by atoms with Crippen LogP contribution in [0.2, 0.25) is 0 Å². The lowest BCUT2D eigenvalue weighted by atomic mass is 10.1. The maximum absolute atomic E-state index is 12.4. The summed E-state index contributed by atoms with van der Waals surface area (Å²) in [5.74, 6) is -1.05. The van der Waals surface area contributed by atoms with E-state index in [4.69, 9.17) is 21.7 Å². The van der Waals surface area contributed by atoms with Crippen molar-refractivity contribution in [2.45, 2.75) is 52.4 Å². The summed E-state index contributed by atoms with van der Waals surface area (Å²) < 4.78 is 5.84. The van der Waals surface area contributed by atoms with Gasteiger partial charge in [-0.3, -0.25) is 9.59 Å². The van der Waals surface area contributed by atoms with E-state index in [0.717, 1.165) is 36.2 Å². The molecule has 1 aromatic heterocycles. The Bertz CT molecular complexity index is 1130. The third-order valence-corrected chi connectivity index (χ3v) is 6.25. The first-order valence-electron chi connectivity index (χ1n) is 11.7. The van der Waals surface area contributed by atoms with Gasteiger partial charge in [-0.1, -0.05) is 23.7 Å². The van der Waals surface area contributed by atoms with E-state index in [1.54, 1.807) is 0 Å². The van der Waals surface area contributed by atoms with Crippen LogP contribution >= 0.6 is 22.9 Å². The molecule has 2 atom stereocenters. The highest BCUT2D eigenvalue weighted by Crippen LogP contribution is 2.29. The number of nitrogens with one attached hydrogen (secondary N) is 4. The number of amides is 2. The van der Waals surface area contributed by atoms with Crippen molar-refractivity contribution in [3.05, 3.63) is 40.4 Å². The largest absolute Gasteiger partial charge is 0.372 e. The molecule has 0 aliphatic carbocycles. The van der Waals surface area contributed by atoms with Gasteiger partial charge in [-0.25, -0.2) is 4.98 Å². The van der Waals surface area contributed by atoms with Gasteiger partial charge < -0.3 is 31.0 Å². The minimum atomic E-state index is -0.620. The maximum atomic E-state index is 12.4. The lowest BCUT2D eigenvalue weighted by Gasteiger charge is -2.37. The zero-order valence-corrected chi connectivity index (χ0v) is 22.7. The Morgan fingerprint density at radius 2 is 1.97 bits per heavy atom. The van der Waals surface area contributed by atoms with E-state index >= 15 is 0 Å². The SMILES string of the molecule is C[C@@H]1CN(c2cccc(-c3csc(NC(=O)CNC(=O)/C(C=N)=C(\Cl)NC(C)(C)C)n3)c2)C[C@H](C)O1. The number of thiazole rings is 1. The van der Waals surface area contributed by atoms with Gasteiger partial charge in [0.25, 0.3) is 5.91 Å². The average Bonchev–Trinajstić information content (AvgIpc) is 3.25. The summed E-state index contributed by atoms with van der Waals surface area (Å²) in [5, 5.41) is 18.0. The molecule has 1 aromatic carbocycles. The molecule has 0 radical (unpaired) electrons. The number of carbonyl (C=O) groups excluding carboxylic acids is 2. The summed E-state index contributed by atoms with van der Waals surface area (Å²) in [7, 11) is 0. The normalized spacial score (nSPS) is 18.8. The average molecular weight is 533 g/mol. The zero-order valence-electron chi connectivity index (χ0n) is 21.1. The topological polar surface area (TPSA) is 119 Å². The molecule has 36 heavy (non-hydrogen) atoms. The lowest BCUT2D eigenvalue weighted by Crippen LogP contribution is -2.45. The summed E-state index contributed by atoms with van der Waals surface area (Å²) in [6, 6.07) is 8.15. The third-order valence-electron chi connectivity index (χ3n) is 5.20. The molecule has 9 nitrogen and oxygen atoms in total. The van der Waals surface area contributed by atoms with Crippen LogP contribution in [0.4, 0.5) is 10.8 Å². The highest BCUT2D eigenvalue weighted by atomic mass is 35.5. The number of rotatable bonds is 8. The Morgan fingerprint density at radius 3 is 2.61 bits per heavy atom. The van der Waals surface area contributed by atoms with Crippen molar-refractivity contribution >= 4 is 51.8 Å². The van der Waals surface area contributed by atoms with Gasteiger partial charge in [0.15, 0.2) is 5.13 Å². The first-order chi connectivity index (χ1) is 16.9. The Balaban J connectivity index is 1.60. The van der Waals surface area contributed by atoms with Gasteiger partial charge in [0.05, 0.1) is 30.0 Å². The predicted molar refractivity (Wildman–Crippen MR) is 146 cm³/mol. The van der Waals surface area contributed by atoms with Crippen molar-refractivity contribution in [2.24, 2.45) is 0 Å². The molecule has 0 spiro atoms. The molecule has 1 aliphatic rings. The van der Waals surface area contributed by atoms with Crippen LogP contribution in [0.1, 0.15) is 34.6 Å². The van der Waals surface area contributed by atoms with Gasteiger partial charge >= 0.3 is 0 Å². The first-order valence-corrected chi connectivity index (χ1v) is 12.9. The second-order valence-electron chi connectivity index (χ2n) is 9.73. The van der Waals surface area contributed by atoms with Crippen molar-refractivity contribution < 1.29 is 14.3 Å². The summed E-state index contributed by atoms with van der Waals surface area (Å²) in [6.07, 6.45) is 1.18. The van der Waals surface area contributed by atoms with E-state index in [0.29, 0.717) is 5.13 Å². The van der Waals surface area contributed by atoms with Crippen LogP contribution in [-0.4, -0.2) is 60.4 Å². The Labute approximate surface area is 220 Å². The van der Waals surface area contributed by atoms with E-state index in [1.807, 2.05) is 38.3 Å². The van der Waals surface area contributed by atoms with Gasteiger partial charge in [-0.2, -0.15) is 0 Å². The van der Waals surface area contributed by atoms with E-state index in [1.165, 1.54) is 11.3 Å². The number of hydrogen-bond donors (Lipinski definition) is 4. The molecule has 1 fully saturated rings. The van der Waals surface area contributed by atoms with E-state index in [-0.39, 0.29) is 35.0 Å². The minimum Gasteiger partial charge on any atom is -0.372 e. The number of benzene rings is 1. The summed E-state index contributed by atoms with van der Waals surface area (Å²) in [6.45, 7) is 11.1. The summed E-state index contributed by atoms with van der Waals surface area (Å²) >= 11 is 7.45. The molecule has 2 aromatic rings. The lowest BCUT2D eigenvalue weighted by molar-refractivity contribution is -0.121. The van der Waals surface area contributed by atoms with Crippen LogP contribution < -0.4 is 20.9 Å². The fourth-order valence-corrected chi connectivity index (χ4v) is 4.92. The monoisotopic (exact) mass is 532 g/mol. The molecule has 1 aliphatic heterocycles. The fourth-order valence-electron chi connectivity index (χ4n) is 3.76. The smallest absolute Gasteiger partial charge is 0.256 e. The molecule has 0 saturated carbocycles. The molecule has 0 bridgehead atoms. The van der Waals surface area contributed by atoms with Crippen molar-refractivity contribution in [2.75, 3.05) is 29.9 Å².